The molecular formula is C34H46Cl2Zr-2. The minimum Gasteiger partial charge on any atom is -1.00 e. The summed E-state index contributed by atoms with van der Waals surface area (Å²) in [6.45, 7) is 26.7. The summed E-state index contributed by atoms with van der Waals surface area (Å²) in [5.74, 6) is 1.20. The molecule has 0 N–H and O–H groups in total. The number of hydrogen-bond donors (Lipinski definition) is 0. The molecule has 0 saturated carbocycles. The molecular weight excluding hydrogens is 571 g/mol. The van der Waals surface area contributed by atoms with Crippen molar-refractivity contribution in [3.05, 3.63) is 82.0 Å². The molecule has 0 heterocycles. The first-order valence-corrected chi connectivity index (χ1v) is 14.3. The van der Waals surface area contributed by atoms with Gasteiger partial charge in [0.15, 0.2) is 0 Å². The molecule has 0 spiro atoms. The minimum atomic E-state index is 0. The summed E-state index contributed by atoms with van der Waals surface area (Å²) in [4.78, 5) is 0. The first-order valence-electron chi connectivity index (χ1n) is 13.0. The monoisotopic (exact) mass is 614 g/mol. The molecule has 0 fully saturated rings. The molecule has 0 bridgehead atoms. The number of benzene rings is 2. The molecule has 2 aromatic carbocycles. The summed E-state index contributed by atoms with van der Waals surface area (Å²) in [6.07, 6.45) is 6.71. The van der Waals surface area contributed by atoms with Gasteiger partial charge in [0.05, 0.1) is 0 Å². The Kier molecular flexibility index (Phi) is 14.3. The van der Waals surface area contributed by atoms with Gasteiger partial charge in [-0.15, -0.1) is 5.56 Å². The fourth-order valence-electron chi connectivity index (χ4n) is 4.47. The van der Waals surface area contributed by atoms with Crippen LogP contribution in [0.4, 0.5) is 0 Å². The van der Waals surface area contributed by atoms with Crippen LogP contribution in [0.25, 0.3) is 11.1 Å². The second kappa shape index (κ2) is 14.6. The van der Waals surface area contributed by atoms with E-state index in [-0.39, 0.29) is 35.6 Å². The van der Waals surface area contributed by atoms with Gasteiger partial charge in [-0.05, 0) is 17.4 Å². The molecule has 0 saturated heterocycles. The van der Waals surface area contributed by atoms with Gasteiger partial charge in [-0.2, -0.15) is 41.0 Å². The summed E-state index contributed by atoms with van der Waals surface area (Å²) in [5, 5.41) is 0. The quantitative estimate of drug-likeness (QED) is 0.368. The maximum Gasteiger partial charge on any atom is -1.00 e. The van der Waals surface area contributed by atoms with Crippen LogP contribution in [0.3, 0.4) is 0 Å². The second-order valence-electron chi connectivity index (χ2n) is 12.7. The van der Waals surface area contributed by atoms with Gasteiger partial charge >= 0.3 is 41.3 Å². The van der Waals surface area contributed by atoms with Crippen LogP contribution in [0.1, 0.15) is 105 Å². The van der Waals surface area contributed by atoms with Crippen molar-refractivity contribution in [3.8, 4) is 11.1 Å². The zero-order valence-corrected chi connectivity index (χ0v) is 29.1. The molecule has 2 aromatic rings. The molecule has 0 amide bonds. The first-order chi connectivity index (χ1) is 16.0. The van der Waals surface area contributed by atoms with E-state index in [9.17, 15) is 0 Å². The smallest absolute Gasteiger partial charge is 1.00 e. The van der Waals surface area contributed by atoms with E-state index >= 15 is 0 Å². The van der Waals surface area contributed by atoms with Crippen molar-refractivity contribution in [2.24, 2.45) is 11.8 Å². The molecule has 1 atom stereocenters. The second-order valence-corrected chi connectivity index (χ2v) is 15.1. The molecule has 3 heteroatoms. The number of fused-ring (bicyclic) bond motifs is 3. The van der Waals surface area contributed by atoms with Gasteiger partial charge in [0.2, 0.25) is 0 Å². The zero-order chi connectivity index (χ0) is 26.7. The summed E-state index contributed by atoms with van der Waals surface area (Å²) >= 11 is 1.55. The summed E-state index contributed by atoms with van der Waals surface area (Å²) in [6, 6.07) is 15.1. The summed E-state index contributed by atoms with van der Waals surface area (Å²) in [5.41, 5.74) is 11.6. The van der Waals surface area contributed by atoms with E-state index in [1.54, 1.807) is 24.2 Å². The van der Waals surface area contributed by atoms with Crippen LogP contribution in [0.15, 0.2) is 47.6 Å². The third-order valence-corrected chi connectivity index (χ3v) is 6.45. The van der Waals surface area contributed by atoms with E-state index in [1.165, 1.54) is 47.7 Å². The van der Waals surface area contributed by atoms with Gasteiger partial charge in [-0.3, -0.25) is 6.08 Å². The van der Waals surface area contributed by atoms with Crippen molar-refractivity contribution < 1.29 is 49.0 Å². The van der Waals surface area contributed by atoms with Gasteiger partial charge in [0.25, 0.3) is 0 Å². The normalized spacial score (nSPS) is 15.5. The molecule has 37 heavy (non-hydrogen) atoms. The van der Waals surface area contributed by atoms with Gasteiger partial charge in [0.1, 0.15) is 0 Å². The Morgan fingerprint density at radius 1 is 0.919 bits per heavy atom. The molecule has 2 aliphatic rings. The van der Waals surface area contributed by atoms with Crippen molar-refractivity contribution in [1.29, 1.82) is 0 Å². The van der Waals surface area contributed by atoms with Crippen LogP contribution in [0, 0.1) is 24.0 Å². The van der Waals surface area contributed by atoms with Crippen molar-refractivity contribution in [3.63, 3.8) is 0 Å². The van der Waals surface area contributed by atoms with Crippen molar-refractivity contribution >= 4 is 3.21 Å². The molecule has 4 rings (SSSR count). The number of allylic oxidation sites excluding steroid dienone is 4. The average molecular weight is 617 g/mol. The van der Waals surface area contributed by atoms with Crippen molar-refractivity contribution in [1.82, 2.24) is 0 Å². The Morgan fingerprint density at radius 2 is 1.43 bits per heavy atom. The molecule has 0 radical (unpaired) electrons. The Bertz CT molecular complexity index is 1060. The molecule has 0 aromatic heterocycles. The van der Waals surface area contributed by atoms with E-state index in [1.807, 2.05) is 0 Å². The topological polar surface area (TPSA) is 0 Å². The Labute approximate surface area is 256 Å². The van der Waals surface area contributed by atoms with Crippen molar-refractivity contribution in [2.75, 3.05) is 0 Å². The number of halogens is 2. The third kappa shape index (κ3) is 10.4. The largest absolute Gasteiger partial charge is 1.00 e. The van der Waals surface area contributed by atoms with E-state index in [4.69, 9.17) is 0 Å². The Morgan fingerprint density at radius 3 is 1.84 bits per heavy atom. The van der Waals surface area contributed by atoms with Gasteiger partial charge in [0, 0.05) is 0 Å². The molecule has 0 nitrogen and oxygen atoms in total. The Balaban J connectivity index is 0.000000684. The van der Waals surface area contributed by atoms with Crippen LogP contribution < -0.4 is 24.8 Å². The van der Waals surface area contributed by atoms with Gasteiger partial charge in [-0.25, -0.2) is 5.57 Å². The molecule has 202 valence electrons. The number of hydrogen-bond acceptors (Lipinski definition) is 0. The van der Waals surface area contributed by atoms with E-state index in [0.29, 0.717) is 11.8 Å². The van der Waals surface area contributed by atoms with E-state index in [2.05, 4.69) is 132 Å². The minimum absolute atomic E-state index is 0. The van der Waals surface area contributed by atoms with Crippen LogP contribution >= 0.6 is 0 Å². The predicted octanol–water partition coefficient (Wildman–Crippen LogP) is 3.37. The van der Waals surface area contributed by atoms with Gasteiger partial charge < -0.3 is 24.8 Å². The predicted molar refractivity (Wildman–Crippen MR) is 152 cm³/mol. The third-order valence-electron chi connectivity index (χ3n) is 6.45. The molecule has 2 aliphatic carbocycles. The fraction of sp³-hybridized carbons (Fsp3) is 0.500. The first kappa shape index (κ1) is 36.3. The van der Waals surface area contributed by atoms with Crippen LogP contribution in [0.2, 0.25) is 0 Å². The van der Waals surface area contributed by atoms with Crippen LogP contribution in [-0.4, -0.2) is 3.21 Å². The standard InChI is InChI=1S/C21H25.C10H15.C3H6.2ClH.Zr/c1-20(2,3)16-9-7-14-11-15-8-10-17(21(4,5)6)13-19(15)18(14)12-16;1-7(2)10-6-8(3)5-9(10)4;1-3-2;;;/h7,9-10,12-13H,11H2,1-6H3;6-8H,1-4H3;1-2H3;2*1H;/q2*-1;;;;+2/p-2. The SMILES string of the molecule is CC(C)(C)c1c[c-]c2c(c1)-c1cc(C(C)(C)C)ccc1C2.CC1=[C-]C(C)C=C1C(C)C.C[C](C)=[Zr+2].[Cl-].[Cl-]. The maximum atomic E-state index is 3.53. The maximum absolute atomic E-state index is 3.53. The Hall–Kier alpha value is -0.747. The zero-order valence-electron chi connectivity index (χ0n) is 25.1. The van der Waals surface area contributed by atoms with Crippen LogP contribution in [0.5, 0.6) is 0 Å². The van der Waals surface area contributed by atoms with Gasteiger partial charge in [-0.1, -0.05) is 116 Å². The summed E-state index contributed by atoms with van der Waals surface area (Å²) < 4.78 is 1.51. The van der Waals surface area contributed by atoms with Crippen molar-refractivity contribution in [2.45, 2.75) is 100 Å². The van der Waals surface area contributed by atoms with E-state index in [0.717, 1.165) is 6.42 Å². The molecule has 1 unspecified atom stereocenters. The van der Waals surface area contributed by atoms with Crippen LogP contribution in [-0.2, 0) is 41.5 Å². The molecule has 0 aliphatic heterocycles. The summed E-state index contributed by atoms with van der Waals surface area (Å²) in [7, 11) is 0. The fourth-order valence-corrected chi connectivity index (χ4v) is 4.47. The van der Waals surface area contributed by atoms with E-state index < -0.39 is 0 Å². The average Bonchev–Trinajstić information content (AvgIpc) is 3.24. The number of rotatable bonds is 1.